The summed E-state index contributed by atoms with van der Waals surface area (Å²) in [7, 11) is 1.79. The number of carbonyl (C=O) groups excluding carboxylic acids is 4. The summed E-state index contributed by atoms with van der Waals surface area (Å²) >= 11 is 1.24. The fraction of sp³-hybridized carbons (Fsp3) is 0.581. The van der Waals surface area contributed by atoms with E-state index in [0.29, 0.717) is 30.7 Å². The molecule has 0 fully saturated rings. The first-order chi connectivity index (χ1) is 19.9. The average Bonchev–Trinajstić information content (AvgIpc) is 3.45. The maximum absolute atomic E-state index is 13.3. The van der Waals surface area contributed by atoms with Crippen LogP contribution in [-0.4, -0.2) is 52.7 Å². The number of nitrogens with two attached hydrogens (primary N) is 1. The molecule has 0 radical (unpaired) electrons. The Morgan fingerprint density at radius 2 is 1.74 bits per heavy atom. The van der Waals surface area contributed by atoms with Crippen molar-refractivity contribution in [3.8, 4) is 0 Å². The molecule has 3 amide bonds. The highest BCUT2D eigenvalue weighted by molar-refractivity contribution is 7.09. The maximum Gasteiger partial charge on any atom is 0.303 e. The van der Waals surface area contributed by atoms with Crippen molar-refractivity contribution in [3.05, 3.63) is 52.0 Å². The molecule has 2 rings (SSSR count). The van der Waals surface area contributed by atoms with Crippen molar-refractivity contribution in [1.82, 2.24) is 20.6 Å². The number of hydrogen-bond acceptors (Lipinski definition) is 8. The summed E-state index contributed by atoms with van der Waals surface area (Å²) in [5, 5.41) is 5.15. The van der Waals surface area contributed by atoms with Gasteiger partial charge in [0, 0.05) is 50.2 Å². The van der Waals surface area contributed by atoms with E-state index in [-0.39, 0.29) is 47.3 Å². The predicted molar refractivity (Wildman–Crippen MR) is 164 cm³/mol. The van der Waals surface area contributed by atoms with Crippen molar-refractivity contribution in [1.29, 1.82) is 0 Å². The number of hydrogen-bond donors (Lipinski definition) is 3. The van der Waals surface area contributed by atoms with Crippen LogP contribution in [0.2, 0.25) is 0 Å². The summed E-state index contributed by atoms with van der Waals surface area (Å²) in [6.07, 6.45) is 1.91. The molecule has 0 spiro atoms. The molecular weight excluding hydrogens is 554 g/mol. The largest absolute Gasteiger partial charge is 0.455 e. The fourth-order valence-corrected chi connectivity index (χ4v) is 5.67. The molecule has 0 unspecified atom stereocenters. The van der Waals surface area contributed by atoms with Crippen LogP contribution in [0.4, 0.5) is 0 Å². The van der Waals surface area contributed by atoms with Crippen LogP contribution >= 0.6 is 11.3 Å². The maximum atomic E-state index is 13.3. The zero-order valence-electron chi connectivity index (χ0n) is 25.9. The second-order valence-corrected chi connectivity index (χ2v) is 12.3. The highest BCUT2D eigenvalue weighted by Crippen LogP contribution is 2.31. The van der Waals surface area contributed by atoms with E-state index in [1.54, 1.807) is 24.3 Å². The molecule has 1 heterocycles. The van der Waals surface area contributed by atoms with Crippen LogP contribution in [0.1, 0.15) is 94.4 Å². The third kappa shape index (κ3) is 10.8. The van der Waals surface area contributed by atoms with Crippen LogP contribution in [0, 0.1) is 17.8 Å². The second-order valence-electron chi connectivity index (χ2n) is 11.4. The zero-order chi connectivity index (χ0) is 31.4. The van der Waals surface area contributed by atoms with E-state index in [0.717, 1.165) is 12.0 Å². The van der Waals surface area contributed by atoms with Crippen LogP contribution < -0.4 is 16.6 Å². The Kier molecular flexibility index (Phi) is 14.1. The van der Waals surface area contributed by atoms with Crippen molar-refractivity contribution < 1.29 is 23.9 Å². The highest BCUT2D eigenvalue weighted by Gasteiger charge is 2.31. The summed E-state index contributed by atoms with van der Waals surface area (Å²) in [6.45, 7) is 11.3. The fourth-order valence-electron chi connectivity index (χ4n) is 4.83. The van der Waals surface area contributed by atoms with Gasteiger partial charge in [-0.25, -0.2) is 10.8 Å². The van der Waals surface area contributed by atoms with Gasteiger partial charge in [-0.2, -0.15) is 0 Å². The normalized spacial score (nSPS) is 14.8. The van der Waals surface area contributed by atoms with E-state index in [9.17, 15) is 19.2 Å². The minimum absolute atomic E-state index is 0.0471. The van der Waals surface area contributed by atoms with Crippen molar-refractivity contribution in [2.24, 2.45) is 23.6 Å². The Morgan fingerprint density at radius 3 is 2.31 bits per heavy atom. The lowest BCUT2D eigenvalue weighted by atomic mass is 9.95. The number of nitrogens with zero attached hydrogens (tertiary/aromatic N) is 2. The molecule has 1 aromatic carbocycles. The molecule has 4 N–H and O–H groups in total. The molecule has 10 nitrogen and oxygen atoms in total. The number of carbonyl (C=O) groups is 4. The van der Waals surface area contributed by atoms with E-state index in [2.05, 4.69) is 29.6 Å². The highest BCUT2D eigenvalue weighted by atomic mass is 32.1. The number of amides is 3. The third-order valence-corrected chi connectivity index (χ3v) is 8.50. The summed E-state index contributed by atoms with van der Waals surface area (Å²) < 4.78 is 5.68. The quantitative estimate of drug-likeness (QED) is 0.112. The molecule has 0 aliphatic heterocycles. The lowest BCUT2D eigenvalue weighted by Gasteiger charge is -2.34. The third-order valence-electron chi connectivity index (χ3n) is 7.56. The molecular formula is C31H47N5O5S. The van der Waals surface area contributed by atoms with Gasteiger partial charge in [0.2, 0.25) is 11.8 Å². The molecule has 0 aliphatic carbocycles. The van der Waals surface area contributed by atoms with Gasteiger partial charge in [-0.15, -0.1) is 11.3 Å². The summed E-state index contributed by atoms with van der Waals surface area (Å²) in [4.78, 5) is 56.8. The number of ether oxygens (including phenoxy) is 1. The lowest BCUT2D eigenvalue weighted by Crippen LogP contribution is -2.42. The minimum atomic E-state index is -0.714. The van der Waals surface area contributed by atoms with E-state index in [1.807, 2.05) is 44.2 Å². The SMILES string of the molecule is CC[C@H](C)CC(=O)N(C)[C@H](C[C@@H](OC(C)=O)c1nc(C(=O)N[C@@H](Cc2ccccc2)C[C@H](C)C(=O)NN)cs1)C(C)C. The number of rotatable bonds is 16. The standard InChI is InChI=1S/C31H47N5O5S/c1-8-20(4)14-28(38)36(7)26(19(2)3)17-27(41-22(6)37)31-34-25(18-42-31)30(40)33-24(15-21(5)29(39)35-32)16-23-12-10-9-11-13-23/h9-13,18-21,24,26-27H,8,14-17,32H2,1-7H3,(H,33,40)(H,35,39)/t20-,21-,24+,26+,27+/m0/s1. The van der Waals surface area contributed by atoms with Crippen molar-refractivity contribution in [3.63, 3.8) is 0 Å². The van der Waals surface area contributed by atoms with Crippen LogP contribution in [-0.2, 0) is 25.5 Å². The second kappa shape index (κ2) is 17.0. The molecule has 2 aromatic rings. The predicted octanol–water partition coefficient (Wildman–Crippen LogP) is 4.41. The molecule has 42 heavy (non-hydrogen) atoms. The number of hydrazine groups is 1. The first-order valence-corrected chi connectivity index (χ1v) is 15.5. The smallest absolute Gasteiger partial charge is 0.303 e. The molecule has 11 heteroatoms. The van der Waals surface area contributed by atoms with Gasteiger partial charge in [-0.3, -0.25) is 24.6 Å². The number of benzene rings is 1. The van der Waals surface area contributed by atoms with Crippen LogP contribution in [0.15, 0.2) is 35.7 Å². The monoisotopic (exact) mass is 601 g/mol. The number of esters is 1. The van der Waals surface area contributed by atoms with Crippen molar-refractivity contribution in [2.75, 3.05) is 7.05 Å². The van der Waals surface area contributed by atoms with Gasteiger partial charge in [-0.05, 0) is 30.2 Å². The summed E-state index contributed by atoms with van der Waals surface area (Å²) in [5.41, 5.74) is 3.39. The van der Waals surface area contributed by atoms with Gasteiger partial charge >= 0.3 is 5.97 Å². The first-order valence-electron chi connectivity index (χ1n) is 14.6. The van der Waals surface area contributed by atoms with Crippen LogP contribution in [0.25, 0.3) is 0 Å². The van der Waals surface area contributed by atoms with Crippen LogP contribution in [0.5, 0.6) is 0 Å². The molecule has 0 saturated heterocycles. The molecule has 0 aliphatic rings. The Hall–Kier alpha value is -3.31. The number of thiazole rings is 1. The minimum Gasteiger partial charge on any atom is -0.455 e. The molecule has 5 atom stereocenters. The number of nitrogens with one attached hydrogen (secondary N) is 2. The van der Waals surface area contributed by atoms with E-state index in [4.69, 9.17) is 10.6 Å². The van der Waals surface area contributed by atoms with Gasteiger partial charge in [0.15, 0.2) is 6.10 Å². The zero-order valence-corrected chi connectivity index (χ0v) is 26.7. The molecule has 0 bridgehead atoms. The molecule has 1 aromatic heterocycles. The first kappa shape index (κ1) is 34.9. The van der Waals surface area contributed by atoms with Gasteiger partial charge < -0.3 is 15.0 Å². The topological polar surface area (TPSA) is 144 Å². The molecule has 232 valence electrons. The van der Waals surface area contributed by atoms with Gasteiger partial charge in [0.1, 0.15) is 10.7 Å². The van der Waals surface area contributed by atoms with E-state index >= 15 is 0 Å². The van der Waals surface area contributed by atoms with Gasteiger partial charge in [-0.1, -0.05) is 71.4 Å². The summed E-state index contributed by atoms with van der Waals surface area (Å²) in [6, 6.07) is 9.15. The molecule has 0 saturated carbocycles. The van der Waals surface area contributed by atoms with Crippen molar-refractivity contribution in [2.45, 2.75) is 91.8 Å². The Bertz CT molecular complexity index is 1170. The van der Waals surface area contributed by atoms with E-state index in [1.165, 1.54) is 18.3 Å². The number of aromatic nitrogens is 1. The van der Waals surface area contributed by atoms with Crippen LogP contribution in [0.3, 0.4) is 0 Å². The average molecular weight is 602 g/mol. The lowest BCUT2D eigenvalue weighted by molar-refractivity contribution is -0.148. The summed E-state index contributed by atoms with van der Waals surface area (Å²) in [5.74, 6) is 4.16. The Morgan fingerprint density at radius 1 is 1.07 bits per heavy atom. The Labute approximate surface area is 253 Å². The van der Waals surface area contributed by atoms with Crippen molar-refractivity contribution >= 4 is 35.0 Å². The van der Waals surface area contributed by atoms with E-state index < -0.39 is 18.0 Å². The Balaban J connectivity index is 2.25. The van der Waals surface area contributed by atoms with Gasteiger partial charge in [0.25, 0.3) is 5.91 Å². The van der Waals surface area contributed by atoms with Gasteiger partial charge in [0.05, 0.1) is 0 Å².